The van der Waals surface area contributed by atoms with Crippen molar-refractivity contribution in [2.45, 2.75) is 53.3 Å². The van der Waals surface area contributed by atoms with E-state index in [0.29, 0.717) is 16.7 Å². The zero-order valence-corrected chi connectivity index (χ0v) is 32.8. The van der Waals surface area contributed by atoms with Gasteiger partial charge in [0.2, 0.25) is 0 Å². The van der Waals surface area contributed by atoms with Gasteiger partial charge in [-0.2, -0.15) is 13.2 Å². The second-order valence-corrected chi connectivity index (χ2v) is 18.3. The molecule has 1 amide bonds. The molecule has 0 bridgehead atoms. The Labute approximate surface area is 324 Å². The minimum Gasteiger partial charge on any atom is -0.383 e. The first-order chi connectivity index (χ1) is 25.8. The predicted molar refractivity (Wildman–Crippen MR) is 215 cm³/mol. The van der Waals surface area contributed by atoms with Crippen LogP contribution in [0.2, 0.25) is 0 Å². The number of sulfone groups is 1. The molecule has 0 atom stereocenters. The highest BCUT2D eigenvalue weighted by Gasteiger charge is 2.48. The molecule has 2 N–H and O–H groups in total. The van der Waals surface area contributed by atoms with E-state index >= 15 is 0 Å². The molecular weight excluding hydrogens is 750 g/mol. The third-order valence-corrected chi connectivity index (χ3v) is 13.1. The maximum absolute atomic E-state index is 13.7. The molecule has 4 aromatic carbocycles. The lowest BCUT2D eigenvalue weighted by molar-refractivity contribution is -0.0435. The number of amides is 1. The number of benzene rings is 4. The maximum Gasteiger partial charge on any atom is 0.501 e. The Morgan fingerprint density at radius 2 is 1.52 bits per heavy atom. The summed E-state index contributed by atoms with van der Waals surface area (Å²) < 4.78 is 68.6. The van der Waals surface area contributed by atoms with Crippen LogP contribution in [-0.2, 0) is 9.84 Å². The van der Waals surface area contributed by atoms with Crippen molar-refractivity contribution in [3.05, 3.63) is 120 Å². The molecule has 7 nitrogen and oxygen atoms in total. The molecule has 54 heavy (non-hydrogen) atoms. The van der Waals surface area contributed by atoms with Crippen molar-refractivity contribution < 1.29 is 26.4 Å². The monoisotopic (exact) mass is 794 g/mol. The zero-order chi connectivity index (χ0) is 38.3. The summed E-state index contributed by atoms with van der Waals surface area (Å²) in [5, 5.41) is 2.84. The highest BCUT2D eigenvalue weighted by atomic mass is 32.2. The number of anilines is 2. The fourth-order valence-corrected chi connectivity index (χ4v) is 9.37. The van der Waals surface area contributed by atoms with Gasteiger partial charge in [0, 0.05) is 66.1 Å². The molecular formula is C41H45F3N4O3S3. The predicted octanol–water partition coefficient (Wildman–Crippen LogP) is 9.41. The molecule has 286 valence electrons. The average Bonchev–Trinajstić information content (AvgIpc) is 3.16. The molecule has 0 spiro atoms. The topological polar surface area (TPSA) is 81.8 Å². The number of alkyl halides is 3. The number of carbonyl (C=O) groups excluding carboxylic acids is 1. The highest BCUT2D eigenvalue weighted by molar-refractivity contribution is 7.99. The third-order valence-electron chi connectivity index (χ3n) is 9.81. The summed E-state index contributed by atoms with van der Waals surface area (Å²) in [5.74, 6) is 0.0546. The van der Waals surface area contributed by atoms with Crippen LogP contribution in [0.1, 0.15) is 49.0 Å². The van der Waals surface area contributed by atoms with Crippen LogP contribution in [0.15, 0.2) is 123 Å². The molecule has 1 saturated heterocycles. The van der Waals surface area contributed by atoms with Gasteiger partial charge in [-0.25, -0.2) is 8.42 Å². The summed E-state index contributed by atoms with van der Waals surface area (Å²) in [6.45, 7) is 9.50. The van der Waals surface area contributed by atoms with Crippen LogP contribution in [-0.4, -0.2) is 69.8 Å². The molecule has 0 aromatic heterocycles. The van der Waals surface area contributed by atoms with E-state index in [-0.39, 0.29) is 17.1 Å². The van der Waals surface area contributed by atoms with Gasteiger partial charge in [0.05, 0.1) is 5.69 Å². The normalized spacial score (nSPS) is 16.6. The van der Waals surface area contributed by atoms with E-state index in [0.717, 1.165) is 74.2 Å². The summed E-state index contributed by atoms with van der Waals surface area (Å²) in [5.41, 5.74) is 0.408. The van der Waals surface area contributed by atoms with Crippen molar-refractivity contribution in [2.24, 2.45) is 5.41 Å². The van der Waals surface area contributed by atoms with Gasteiger partial charge in [-0.1, -0.05) is 68.0 Å². The number of hydrogen-bond acceptors (Lipinski definition) is 8. The number of carbonyl (C=O) groups is 1. The van der Waals surface area contributed by atoms with Crippen molar-refractivity contribution in [3.63, 3.8) is 0 Å². The van der Waals surface area contributed by atoms with Gasteiger partial charge in [0.25, 0.3) is 15.7 Å². The van der Waals surface area contributed by atoms with Crippen LogP contribution >= 0.6 is 23.7 Å². The average molecular weight is 795 g/mol. The van der Waals surface area contributed by atoms with Crippen molar-refractivity contribution in [3.8, 4) is 0 Å². The van der Waals surface area contributed by atoms with Crippen LogP contribution in [0.25, 0.3) is 5.57 Å². The van der Waals surface area contributed by atoms with Crippen molar-refractivity contribution >= 4 is 56.4 Å². The molecule has 6 rings (SSSR count). The molecule has 1 fully saturated rings. The fourth-order valence-electron chi connectivity index (χ4n) is 6.90. The number of allylic oxidation sites excluding steroid dienone is 1. The lowest BCUT2D eigenvalue weighted by Gasteiger charge is -2.39. The van der Waals surface area contributed by atoms with E-state index in [1.165, 1.54) is 41.5 Å². The van der Waals surface area contributed by atoms with Crippen LogP contribution in [0.3, 0.4) is 0 Å². The second kappa shape index (κ2) is 17.3. The lowest BCUT2D eigenvalue weighted by atomic mass is 9.73. The Morgan fingerprint density at radius 3 is 2.19 bits per heavy atom. The number of nitrogens with one attached hydrogen (secondary N) is 2. The number of rotatable bonds is 13. The number of piperazine rings is 1. The zero-order valence-electron chi connectivity index (χ0n) is 30.4. The van der Waals surface area contributed by atoms with Crippen LogP contribution in [0.4, 0.5) is 24.5 Å². The van der Waals surface area contributed by atoms with Crippen LogP contribution < -0.4 is 14.9 Å². The lowest BCUT2D eigenvalue weighted by Crippen LogP contribution is -2.47. The number of thioether (sulfide) groups is 1. The Bertz CT molecular complexity index is 2030. The SMILES string of the molecule is CC1(C)CCC(c2ccccc2)=C(CN2CCN(c3ccc(C(=O)NSc4ccc(NCCSc5ccccc5)c(S(=O)(=O)C(F)(F)F)c4)cc3)CC2)C1. The summed E-state index contributed by atoms with van der Waals surface area (Å²) in [7, 11) is -5.66. The maximum atomic E-state index is 13.7. The number of halogens is 3. The van der Waals surface area contributed by atoms with Crippen molar-refractivity contribution in [1.29, 1.82) is 0 Å². The van der Waals surface area contributed by atoms with Crippen LogP contribution in [0.5, 0.6) is 0 Å². The van der Waals surface area contributed by atoms with Gasteiger partial charge < -0.3 is 10.2 Å². The van der Waals surface area contributed by atoms with E-state index < -0.39 is 26.1 Å². The van der Waals surface area contributed by atoms with E-state index in [1.54, 1.807) is 17.7 Å². The summed E-state index contributed by atoms with van der Waals surface area (Å²) in [4.78, 5) is 18.1. The first kappa shape index (κ1) is 39.8. The first-order valence-electron chi connectivity index (χ1n) is 18.0. The quantitative estimate of drug-likeness (QED) is 0.0788. The molecule has 1 aliphatic heterocycles. The third kappa shape index (κ3) is 10.0. The molecule has 2 aliphatic rings. The van der Waals surface area contributed by atoms with Crippen molar-refractivity contribution in [2.75, 3.05) is 55.2 Å². The van der Waals surface area contributed by atoms with E-state index in [2.05, 4.69) is 64.0 Å². The highest BCUT2D eigenvalue weighted by Crippen LogP contribution is 2.43. The second-order valence-electron chi connectivity index (χ2n) is 14.3. The minimum absolute atomic E-state index is 0.147. The fraction of sp³-hybridized carbons (Fsp3) is 0.341. The standard InChI is InChI=1S/C41H45F3N4O3S3/c1-40(2)20-19-36(30-9-5-3-6-10-30)32(28-40)29-47-22-24-48(25-23-47)33-15-13-31(14-16-33)39(49)46-53-35-17-18-37(38(27-35)54(50,51)41(42,43)44)45-21-26-52-34-11-7-4-8-12-34/h3-18,27,45H,19-26,28-29H2,1-2H3,(H,46,49). The molecule has 1 aliphatic carbocycles. The molecule has 0 radical (unpaired) electrons. The Kier molecular flexibility index (Phi) is 12.7. The smallest absolute Gasteiger partial charge is 0.383 e. The van der Waals surface area contributed by atoms with Gasteiger partial charge in [-0.05, 0) is 102 Å². The Balaban J connectivity index is 1.04. The van der Waals surface area contributed by atoms with E-state index in [1.807, 2.05) is 42.5 Å². The Hall–Kier alpha value is -3.91. The summed E-state index contributed by atoms with van der Waals surface area (Å²) in [6, 6.07) is 31.2. The van der Waals surface area contributed by atoms with Crippen molar-refractivity contribution in [1.82, 2.24) is 9.62 Å². The summed E-state index contributed by atoms with van der Waals surface area (Å²) >= 11 is 2.25. The van der Waals surface area contributed by atoms with E-state index in [4.69, 9.17) is 0 Å². The van der Waals surface area contributed by atoms with Gasteiger partial charge in [-0.15, -0.1) is 11.8 Å². The Morgan fingerprint density at radius 1 is 0.852 bits per heavy atom. The van der Waals surface area contributed by atoms with Gasteiger partial charge in [-0.3, -0.25) is 14.4 Å². The van der Waals surface area contributed by atoms with Crippen LogP contribution in [0, 0.1) is 5.41 Å². The summed E-state index contributed by atoms with van der Waals surface area (Å²) in [6.07, 6.45) is 3.39. The number of hydrogen-bond donors (Lipinski definition) is 2. The van der Waals surface area contributed by atoms with Gasteiger partial charge >= 0.3 is 5.51 Å². The molecule has 1 heterocycles. The molecule has 13 heteroatoms. The number of nitrogens with zero attached hydrogens (tertiary/aromatic N) is 2. The molecule has 4 aromatic rings. The first-order valence-corrected chi connectivity index (χ1v) is 21.3. The molecule has 0 saturated carbocycles. The molecule has 0 unspecified atom stereocenters. The minimum atomic E-state index is -5.66. The van der Waals surface area contributed by atoms with Gasteiger partial charge in [0.15, 0.2) is 0 Å². The van der Waals surface area contributed by atoms with Gasteiger partial charge in [0.1, 0.15) is 4.90 Å². The van der Waals surface area contributed by atoms with E-state index in [9.17, 15) is 26.4 Å². The largest absolute Gasteiger partial charge is 0.501 e.